The Kier molecular flexibility index (Phi) is 5.87. The topological polar surface area (TPSA) is 51.8 Å². The molecule has 0 aliphatic heterocycles. The highest BCUT2D eigenvalue weighted by atomic mass is 16.3. The molecule has 0 amide bonds. The van der Waals surface area contributed by atoms with Crippen LogP contribution in [-0.2, 0) is 0 Å². The Morgan fingerprint density at radius 1 is 0.388 bits per heavy atom. The van der Waals surface area contributed by atoms with Crippen molar-refractivity contribution in [1.82, 2.24) is 15.0 Å². The molecule has 2 heterocycles. The van der Waals surface area contributed by atoms with Gasteiger partial charge in [-0.05, 0) is 57.6 Å². The third-order valence-electron chi connectivity index (χ3n) is 8.65. The van der Waals surface area contributed by atoms with Gasteiger partial charge in [0, 0.05) is 27.5 Å². The number of furan rings is 1. The molecular formula is C45H29N3O. The highest BCUT2D eigenvalue weighted by Gasteiger charge is 2.18. The van der Waals surface area contributed by atoms with Gasteiger partial charge in [0.1, 0.15) is 11.2 Å². The first-order valence-electron chi connectivity index (χ1n) is 18.4. The normalized spacial score (nSPS) is 12.7. The standard InChI is InChI=1S/C45H29N3O/c1-4-12-30(13-5-1)32-22-24-34(25-23-32)44-46-43(33-16-8-3-9-17-33)47-45(48-44)39-20-11-21-40-42(39)38-27-26-37(29-41(38)49-40)36-19-10-18-35(28-36)31-14-6-2-7-15-31/h1-29H/i3D,8D,9D,16D,17D. The summed E-state index contributed by atoms with van der Waals surface area (Å²) in [6, 6.07) is 46.1. The highest BCUT2D eigenvalue weighted by Crippen LogP contribution is 2.38. The molecule has 2 aromatic heterocycles. The number of nitrogens with zero attached hydrogens (tertiary/aromatic N) is 3. The molecule has 4 heteroatoms. The van der Waals surface area contributed by atoms with E-state index in [1.54, 1.807) is 0 Å². The maximum Gasteiger partial charge on any atom is 0.164 e. The Morgan fingerprint density at radius 3 is 1.65 bits per heavy atom. The summed E-state index contributed by atoms with van der Waals surface area (Å²) in [5.41, 5.74) is 8.96. The van der Waals surface area contributed by atoms with Gasteiger partial charge < -0.3 is 4.42 Å². The van der Waals surface area contributed by atoms with Crippen LogP contribution in [0.4, 0.5) is 0 Å². The largest absolute Gasteiger partial charge is 0.456 e. The van der Waals surface area contributed by atoms with Gasteiger partial charge in [-0.15, -0.1) is 0 Å². The first-order valence-corrected chi connectivity index (χ1v) is 15.9. The van der Waals surface area contributed by atoms with Gasteiger partial charge in [0.2, 0.25) is 0 Å². The Hall–Kier alpha value is -6.65. The van der Waals surface area contributed by atoms with E-state index in [4.69, 9.17) is 26.2 Å². The van der Waals surface area contributed by atoms with E-state index in [1.807, 2.05) is 103 Å². The van der Waals surface area contributed by atoms with Crippen LogP contribution in [0.2, 0.25) is 0 Å². The molecule has 0 bridgehead atoms. The first kappa shape index (κ1) is 23.6. The van der Waals surface area contributed by atoms with Crippen molar-refractivity contribution >= 4 is 21.9 Å². The van der Waals surface area contributed by atoms with E-state index < -0.39 is 18.1 Å². The highest BCUT2D eigenvalue weighted by molar-refractivity contribution is 6.12. The number of rotatable bonds is 6. The molecule has 0 N–H and O–H groups in total. The fourth-order valence-corrected chi connectivity index (χ4v) is 6.24. The minimum atomic E-state index is -0.486. The Bertz CT molecular complexity index is 2850. The minimum Gasteiger partial charge on any atom is -0.456 e. The van der Waals surface area contributed by atoms with Gasteiger partial charge in [-0.1, -0.05) is 152 Å². The Labute approximate surface area is 291 Å². The molecule has 9 aromatic rings. The van der Waals surface area contributed by atoms with Crippen LogP contribution in [-0.4, -0.2) is 15.0 Å². The van der Waals surface area contributed by atoms with Crippen LogP contribution in [0.5, 0.6) is 0 Å². The zero-order chi connectivity index (χ0) is 36.9. The Balaban J connectivity index is 1.21. The van der Waals surface area contributed by atoms with Crippen molar-refractivity contribution in [2.75, 3.05) is 0 Å². The maximum atomic E-state index is 8.73. The molecule has 9 rings (SSSR count). The molecule has 0 unspecified atom stereocenters. The molecule has 0 radical (unpaired) electrons. The van der Waals surface area contributed by atoms with Crippen molar-refractivity contribution in [3.8, 4) is 67.5 Å². The van der Waals surface area contributed by atoms with E-state index in [1.165, 1.54) is 0 Å². The smallest absolute Gasteiger partial charge is 0.164 e. The summed E-state index contributed by atoms with van der Waals surface area (Å²) in [6.45, 7) is 0. The molecule has 0 saturated heterocycles. The molecule has 0 fully saturated rings. The van der Waals surface area contributed by atoms with Crippen molar-refractivity contribution in [2.45, 2.75) is 0 Å². The second-order valence-electron chi connectivity index (χ2n) is 11.7. The molecule has 0 aliphatic rings. The van der Waals surface area contributed by atoms with Crippen LogP contribution >= 0.6 is 0 Å². The molecule has 0 atom stereocenters. The van der Waals surface area contributed by atoms with Crippen LogP contribution in [0.3, 0.4) is 0 Å². The molecule has 0 spiro atoms. The van der Waals surface area contributed by atoms with Gasteiger partial charge in [-0.25, -0.2) is 15.0 Å². The summed E-state index contributed by atoms with van der Waals surface area (Å²) in [5.74, 6) is 0.554. The van der Waals surface area contributed by atoms with E-state index in [0.29, 0.717) is 28.1 Å². The predicted molar refractivity (Wildman–Crippen MR) is 200 cm³/mol. The minimum absolute atomic E-state index is 0.0236. The maximum absolute atomic E-state index is 8.73. The van der Waals surface area contributed by atoms with Crippen LogP contribution < -0.4 is 0 Å². The quantitative estimate of drug-likeness (QED) is 0.183. The number of hydrogen-bond acceptors (Lipinski definition) is 4. The summed E-state index contributed by atoms with van der Waals surface area (Å²) in [6.07, 6.45) is 0. The van der Waals surface area contributed by atoms with Crippen molar-refractivity contribution in [1.29, 1.82) is 0 Å². The number of aromatic nitrogens is 3. The first-order chi connectivity index (χ1) is 26.3. The summed E-state index contributed by atoms with van der Waals surface area (Å²) in [4.78, 5) is 14.5. The lowest BCUT2D eigenvalue weighted by Gasteiger charge is -2.10. The fraction of sp³-hybridized carbons (Fsp3) is 0. The number of fused-ring (bicyclic) bond motifs is 3. The summed E-state index contributed by atoms with van der Waals surface area (Å²) < 4.78 is 48.8. The molecule has 49 heavy (non-hydrogen) atoms. The fourth-order valence-electron chi connectivity index (χ4n) is 6.24. The lowest BCUT2D eigenvalue weighted by Crippen LogP contribution is -2.00. The van der Waals surface area contributed by atoms with Crippen LogP contribution in [0.1, 0.15) is 6.85 Å². The second kappa shape index (κ2) is 12.2. The third-order valence-corrected chi connectivity index (χ3v) is 8.65. The summed E-state index contributed by atoms with van der Waals surface area (Å²) in [5, 5.41) is 1.66. The van der Waals surface area contributed by atoms with Crippen LogP contribution in [0.15, 0.2) is 180 Å². The molecular weight excluding hydrogens is 599 g/mol. The van der Waals surface area contributed by atoms with Gasteiger partial charge in [0.15, 0.2) is 17.5 Å². The van der Waals surface area contributed by atoms with Gasteiger partial charge in [0.05, 0.1) is 6.85 Å². The van der Waals surface area contributed by atoms with Crippen LogP contribution in [0.25, 0.3) is 89.5 Å². The van der Waals surface area contributed by atoms with E-state index in [9.17, 15) is 0 Å². The monoisotopic (exact) mass is 632 g/mol. The molecule has 7 aromatic carbocycles. The van der Waals surface area contributed by atoms with Crippen molar-refractivity contribution in [3.05, 3.63) is 176 Å². The third kappa shape index (κ3) is 5.45. The van der Waals surface area contributed by atoms with Gasteiger partial charge in [-0.2, -0.15) is 0 Å². The van der Waals surface area contributed by atoms with E-state index in [-0.39, 0.29) is 29.3 Å². The van der Waals surface area contributed by atoms with Gasteiger partial charge in [0.25, 0.3) is 0 Å². The zero-order valence-corrected chi connectivity index (χ0v) is 26.1. The number of benzene rings is 7. The second-order valence-corrected chi connectivity index (χ2v) is 11.7. The zero-order valence-electron chi connectivity index (χ0n) is 31.1. The van der Waals surface area contributed by atoms with Crippen molar-refractivity contribution < 1.29 is 11.3 Å². The average Bonchev–Trinajstić information content (AvgIpc) is 3.61. The predicted octanol–water partition coefficient (Wildman–Crippen LogP) is 11.8. The summed E-state index contributed by atoms with van der Waals surface area (Å²) >= 11 is 0. The van der Waals surface area contributed by atoms with E-state index in [2.05, 4.69) is 42.5 Å². The number of hydrogen-bond donors (Lipinski definition) is 0. The summed E-state index contributed by atoms with van der Waals surface area (Å²) in [7, 11) is 0. The average molecular weight is 633 g/mol. The van der Waals surface area contributed by atoms with Gasteiger partial charge in [-0.3, -0.25) is 0 Å². The van der Waals surface area contributed by atoms with Crippen molar-refractivity contribution in [3.63, 3.8) is 0 Å². The molecule has 0 aliphatic carbocycles. The van der Waals surface area contributed by atoms with Gasteiger partial charge >= 0.3 is 0 Å². The molecule has 0 saturated carbocycles. The van der Waals surface area contributed by atoms with E-state index >= 15 is 0 Å². The molecule has 4 nitrogen and oxygen atoms in total. The van der Waals surface area contributed by atoms with Crippen molar-refractivity contribution in [2.24, 2.45) is 0 Å². The molecule has 230 valence electrons. The lowest BCUT2D eigenvalue weighted by molar-refractivity contribution is 0.669. The lowest BCUT2D eigenvalue weighted by atomic mass is 9.98. The van der Waals surface area contributed by atoms with E-state index in [0.717, 1.165) is 44.2 Å². The van der Waals surface area contributed by atoms with Crippen LogP contribution in [0, 0.1) is 0 Å². The Morgan fingerprint density at radius 2 is 0.918 bits per heavy atom. The SMILES string of the molecule is [2H]c1c([2H])c([2H])c(-c2nc(-c3ccc(-c4ccccc4)cc3)nc(-c3cccc4oc5cc(-c6cccc(-c7ccccc7)c6)ccc5c34)n2)c([2H])c1[2H].